The van der Waals surface area contributed by atoms with E-state index in [-0.39, 0.29) is 0 Å². The number of likely N-dealkylation sites (N-methyl/N-ethyl adjacent to an activating group) is 1. The van der Waals surface area contributed by atoms with Crippen LogP contribution < -0.4 is 14.7 Å². The SMILES string of the molecule is Cc1cc(C)nc(N2CCCC(N(C)c3nccc(N4CCOCC4)n3)C2)n1. The molecule has 2 aromatic heterocycles. The van der Waals surface area contributed by atoms with Gasteiger partial charge in [-0.3, -0.25) is 0 Å². The van der Waals surface area contributed by atoms with Crippen molar-refractivity contribution in [1.82, 2.24) is 19.9 Å². The van der Waals surface area contributed by atoms with Crippen LogP contribution in [0, 0.1) is 13.8 Å². The molecule has 2 fully saturated rings. The summed E-state index contributed by atoms with van der Waals surface area (Å²) in [5.41, 5.74) is 2.03. The summed E-state index contributed by atoms with van der Waals surface area (Å²) in [6, 6.07) is 4.33. The molecular formula is C20H29N7O. The van der Waals surface area contributed by atoms with Crippen molar-refractivity contribution in [1.29, 1.82) is 0 Å². The summed E-state index contributed by atoms with van der Waals surface area (Å²) in [4.78, 5) is 25.4. The van der Waals surface area contributed by atoms with Gasteiger partial charge in [-0.25, -0.2) is 15.0 Å². The molecule has 150 valence electrons. The molecule has 2 aliphatic rings. The summed E-state index contributed by atoms with van der Waals surface area (Å²) in [6.07, 6.45) is 4.08. The predicted molar refractivity (Wildman–Crippen MR) is 110 cm³/mol. The number of hydrogen-bond donors (Lipinski definition) is 0. The maximum atomic E-state index is 5.45. The maximum absolute atomic E-state index is 5.45. The summed E-state index contributed by atoms with van der Waals surface area (Å²) >= 11 is 0. The molecule has 0 amide bonds. The Hall–Kier alpha value is -2.48. The largest absolute Gasteiger partial charge is 0.378 e. The van der Waals surface area contributed by atoms with Gasteiger partial charge >= 0.3 is 0 Å². The van der Waals surface area contributed by atoms with Crippen molar-refractivity contribution in [3.63, 3.8) is 0 Å². The third kappa shape index (κ3) is 4.16. The lowest BCUT2D eigenvalue weighted by Gasteiger charge is -2.38. The van der Waals surface area contributed by atoms with E-state index in [0.29, 0.717) is 6.04 Å². The van der Waals surface area contributed by atoms with Crippen LogP contribution in [-0.4, -0.2) is 72.4 Å². The second kappa shape index (κ2) is 8.26. The van der Waals surface area contributed by atoms with Gasteiger partial charge in [-0.15, -0.1) is 0 Å². The average Bonchev–Trinajstić information content (AvgIpc) is 2.73. The zero-order valence-corrected chi connectivity index (χ0v) is 17.0. The fourth-order valence-electron chi connectivity index (χ4n) is 3.94. The molecule has 0 saturated carbocycles. The molecule has 4 rings (SSSR count). The predicted octanol–water partition coefficient (Wildman–Crippen LogP) is 1.83. The van der Waals surface area contributed by atoms with Crippen LogP contribution in [0.3, 0.4) is 0 Å². The number of morpholine rings is 1. The lowest BCUT2D eigenvalue weighted by Crippen LogP contribution is -2.48. The van der Waals surface area contributed by atoms with E-state index in [2.05, 4.69) is 36.7 Å². The summed E-state index contributed by atoms with van der Waals surface area (Å²) < 4.78 is 5.45. The van der Waals surface area contributed by atoms with Crippen LogP contribution in [0.1, 0.15) is 24.2 Å². The first kappa shape index (κ1) is 18.9. The van der Waals surface area contributed by atoms with E-state index in [9.17, 15) is 0 Å². The second-order valence-corrected chi connectivity index (χ2v) is 7.62. The van der Waals surface area contributed by atoms with Gasteiger partial charge in [-0.1, -0.05) is 0 Å². The number of piperidine rings is 1. The number of nitrogens with zero attached hydrogens (tertiary/aromatic N) is 7. The van der Waals surface area contributed by atoms with Crippen LogP contribution in [0.5, 0.6) is 0 Å². The number of hydrogen-bond acceptors (Lipinski definition) is 8. The normalized spacial score (nSPS) is 20.3. The first-order valence-corrected chi connectivity index (χ1v) is 10.1. The van der Waals surface area contributed by atoms with Gasteiger partial charge in [0.2, 0.25) is 11.9 Å². The Morgan fingerprint density at radius 2 is 1.79 bits per heavy atom. The highest BCUT2D eigenvalue weighted by Gasteiger charge is 2.27. The van der Waals surface area contributed by atoms with Crippen molar-refractivity contribution >= 4 is 17.7 Å². The summed E-state index contributed by atoms with van der Waals surface area (Å²) in [5.74, 6) is 2.58. The van der Waals surface area contributed by atoms with Crippen LogP contribution in [0.15, 0.2) is 18.3 Å². The highest BCUT2D eigenvalue weighted by molar-refractivity contribution is 5.45. The lowest BCUT2D eigenvalue weighted by atomic mass is 10.1. The quantitative estimate of drug-likeness (QED) is 0.792. The van der Waals surface area contributed by atoms with E-state index in [1.165, 1.54) is 0 Å². The molecule has 4 heterocycles. The third-order valence-corrected chi connectivity index (χ3v) is 5.48. The van der Waals surface area contributed by atoms with E-state index in [1.54, 1.807) is 0 Å². The summed E-state index contributed by atoms with van der Waals surface area (Å²) in [6.45, 7) is 9.17. The van der Waals surface area contributed by atoms with Crippen molar-refractivity contribution in [3.05, 3.63) is 29.7 Å². The van der Waals surface area contributed by atoms with E-state index in [1.807, 2.05) is 32.2 Å². The molecule has 0 radical (unpaired) electrons. The lowest BCUT2D eigenvalue weighted by molar-refractivity contribution is 0.122. The van der Waals surface area contributed by atoms with E-state index >= 15 is 0 Å². The zero-order chi connectivity index (χ0) is 19.5. The minimum absolute atomic E-state index is 0.332. The fraction of sp³-hybridized carbons (Fsp3) is 0.600. The molecule has 2 saturated heterocycles. The molecule has 0 spiro atoms. The minimum atomic E-state index is 0.332. The Kier molecular flexibility index (Phi) is 5.57. The number of aromatic nitrogens is 4. The molecule has 0 N–H and O–H groups in total. The monoisotopic (exact) mass is 383 g/mol. The number of anilines is 3. The zero-order valence-electron chi connectivity index (χ0n) is 17.0. The van der Waals surface area contributed by atoms with Crippen molar-refractivity contribution < 1.29 is 4.74 Å². The number of aryl methyl sites for hydroxylation is 2. The molecule has 0 aromatic carbocycles. The van der Waals surface area contributed by atoms with Gasteiger partial charge in [0.15, 0.2) is 0 Å². The Morgan fingerprint density at radius 1 is 1.04 bits per heavy atom. The molecular weight excluding hydrogens is 354 g/mol. The molecule has 28 heavy (non-hydrogen) atoms. The molecule has 2 aromatic rings. The first-order valence-electron chi connectivity index (χ1n) is 10.1. The summed E-state index contributed by atoms with van der Waals surface area (Å²) in [5, 5.41) is 0. The Morgan fingerprint density at radius 3 is 2.54 bits per heavy atom. The van der Waals surface area contributed by atoms with Gasteiger partial charge in [-0.2, -0.15) is 4.98 Å². The molecule has 8 heteroatoms. The van der Waals surface area contributed by atoms with E-state index in [0.717, 1.165) is 81.3 Å². The highest BCUT2D eigenvalue weighted by Crippen LogP contribution is 2.23. The Labute approximate surface area is 166 Å². The van der Waals surface area contributed by atoms with Gasteiger partial charge in [-0.05, 0) is 38.8 Å². The maximum Gasteiger partial charge on any atom is 0.227 e. The molecule has 1 unspecified atom stereocenters. The van der Waals surface area contributed by atoms with Crippen molar-refractivity contribution in [3.8, 4) is 0 Å². The van der Waals surface area contributed by atoms with Crippen molar-refractivity contribution in [2.45, 2.75) is 32.7 Å². The summed E-state index contributed by atoms with van der Waals surface area (Å²) in [7, 11) is 2.09. The topological polar surface area (TPSA) is 70.5 Å². The van der Waals surface area contributed by atoms with Gasteiger partial charge in [0, 0.05) is 56.9 Å². The van der Waals surface area contributed by atoms with Crippen LogP contribution in [0.2, 0.25) is 0 Å². The number of ether oxygens (including phenoxy) is 1. The van der Waals surface area contributed by atoms with Gasteiger partial charge < -0.3 is 19.4 Å². The second-order valence-electron chi connectivity index (χ2n) is 7.62. The van der Waals surface area contributed by atoms with Gasteiger partial charge in [0.1, 0.15) is 5.82 Å². The molecule has 0 aliphatic carbocycles. The smallest absolute Gasteiger partial charge is 0.227 e. The first-order chi connectivity index (χ1) is 13.6. The van der Waals surface area contributed by atoms with Crippen molar-refractivity contribution in [2.24, 2.45) is 0 Å². The molecule has 1 atom stereocenters. The molecule has 8 nitrogen and oxygen atoms in total. The van der Waals surface area contributed by atoms with E-state index in [4.69, 9.17) is 9.72 Å². The fourth-order valence-corrected chi connectivity index (χ4v) is 3.94. The van der Waals surface area contributed by atoms with Gasteiger partial charge in [0.25, 0.3) is 0 Å². The van der Waals surface area contributed by atoms with Crippen LogP contribution in [-0.2, 0) is 4.74 Å². The van der Waals surface area contributed by atoms with Crippen molar-refractivity contribution in [2.75, 3.05) is 61.1 Å². The highest BCUT2D eigenvalue weighted by atomic mass is 16.5. The van der Waals surface area contributed by atoms with Crippen LogP contribution >= 0.6 is 0 Å². The van der Waals surface area contributed by atoms with Crippen LogP contribution in [0.4, 0.5) is 17.7 Å². The van der Waals surface area contributed by atoms with Gasteiger partial charge in [0.05, 0.1) is 13.2 Å². The van der Waals surface area contributed by atoms with E-state index < -0.39 is 0 Å². The Balaban J connectivity index is 1.49. The molecule has 2 aliphatic heterocycles. The Bertz CT molecular complexity index is 789. The average molecular weight is 384 g/mol. The number of rotatable bonds is 4. The van der Waals surface area contributed by atoms with Crippen LogP contribution in [0.25, 0.3) is 0 Å². The third-order valence-electron chi connectivity index (χ3n) is 5.48. The standard InChI is InChI=1S/C20H29N7O/c1-15-13-16(2)23-20(22-15)27-8-4-5-17(14-27)25(3)19-21-7-6-18(24-19)26-9-11-28-12-10-26/h6-7,13,17H,4-5,8-12,14H2,1-3H3. The molecule has 0 bridgehead atoms. The minimum Gasteiger partial charge on any atom is -0.378 e.